The second-order valence-electron chi connectivity index (χ2n) is 7.21. The summed E-state index contributed by atoms with van der Waals surface area (Å²) in [7, 11) is 1.66. The number of ether oxygens (including phenoxy) is 1. The summed E-state index contributed by atoms with van der Waals surface area (Å²) in [4.78, 5) is 37.6. The van der Waals surface area contributed by atoms with Crippen molar-refractivity contribution in [1.82, 2.24) is 4.57 Å². The van der Waals surface area contributed by atoms with Crippen molar-refractivity contribution in [2.75, 3.05) is 0 Å². The third-order valence-electron chi connectivity index (χ3n) is 4.80. The molecule has 0 spiro atoms. The predicted octanol–water partition coefficient (Wildman–Crippen LogP) is 4.63. The predicted molar refractivity (Wildman–Crippen MR) is 110 cm³/mol. The maximum absolute atomic E-state index is 13.2. The van der Waals surface area contributed by atoms with Gasteiger partial charge in [-0.05, 0) is 26.8 Å². The molecule has 0 unspecified atom stereocenters. The molecule has 0 bridgehead atoms. The van der Waals surface area contributed by atoms with E-state index in [0.717, 1.165) is 11.1 Å². The Labute approximate surface area is 169 Å². The van der Waals surface area contributed by atoms with E-state index in [1.54, 1.807) is 37.5 Å². The van der Waals surface area contributed by atoms with Crippen molar-refractivity contribution in [3.63, 3.8) is 0 Å². The molecule has 5 heteroatoms. The number of esters is 1. The number of hydrogen-bond acceptors (Lipinski definition) is 4. The lowest BCUT2D eigenvalue weighted by Crippen LogP contribution is -2.21. The maximum Gasteiger partial charge on any atom is 0.356 e. The van der Waals surface area contributed by atoms with Gasteiger partial charge in [0.15, 0.2) is 11.9 Å². The Balaban J connectivity index is 1.95. The van der Waals surface area contributed by atoms with Crippen LogP contribution in [0.5, 0.6) is 0 Å². The molecule has 0 saturated carbocycles. The van der Waals surface area contributed by atoms with E-state index in [2.05, 4.69) is 0 Å². The minimum absolute atomic E-state index is 0.148. The average Bonchev–Trinajstić information content (AvgIpc) is 3.09. The van der Waals surface area contributed by atoms with Gasteiger partial charge in [-0.2, -0.15) is 0 Å². The van der Waals surface area contributed by atoms with E-state index in [-0.39, 0.29) is 17.3 Å². The summed E-state index contributed by atoms with van der Waals surface area (Å²) >= 11 is 0. The number of nitrogens with zero attached hydrogens (tertiary/aromatic N) is 1. The summed E-state index contributed by atoms with van der Waals surface area (Å²) < 4.78 is 7.19. The van der Waals surface area contributed by atoms with Crippen LogP contribution in [0, 0.1) is 13.8 Å². The number of carbonyl (C=O) groups excluding carboxylic acids is 3. The molecule has 3 aromatic rings. The van der Waals surface area contributed by atoms with Crippen LogP contribution >= 0.6 is 0 Å². The summed E-state index contributed by atoms with van der Waals surface area (Å²) in [6.45, 7) is 5.31. The zero-order valence-electron chi connectivity index (χ0n) is 16.9. The van der Waals surface area contributed by atoms with Gasteiger partial charge in [-0.3, -0.25) is 9.59 Å². The lowest BCUT2D eigenvalue weighted by atomic mass is 9.98. The van der Waals surface area contributed by atoms with E-state index in [4.69, 9.17) is 4.74 Å². The molecule has 0 N–H and O–H groups in total. The fraction of sp³-hybridized carbons (Fsp3) is 0.208. The van der Waals surface area contributed by atoms with Crippen molar-refractivity contribution >= 4 is 17.5 Å². The van der Waals surface area contributed by atoms with Gasteiger partial charge in [0, 0.05) is 29.9 Å². The molecule has 1 atom stereocenters. The molecule has 0 saturated heterocycles. The van der Waals surface area contributed by atoms with E-state index >= 15 is 0 Å². The van der Waals surface area contributed by atoms with Crippen LogP contribution < -0.4 is 0 Å². The van der Waals surface area contributed by atoms with Crippen molar-refractivity contribution in [3.05, 3.63) is 94.3 Å². The van der Waals surface area contributed by atoms with Crippen LogP contribution in [-0.2, 0) is 11.8 Å². The monoisotopic (exact) mass is 389 g/mol. The maximum atomic E-state index is 13.2. The van der Waals surface area contributed by atoms with E-state index in [0.29, 0.717) is 16.7 Å². The molecule has 3 rings (SSSR count). The minimum Gasteiger partial charge on any atom is -0.444 e. The quantitative estimate of drug-likeness (QED) is 0.456. The van der Waals surface area contributed by atoms with E-state index in [1.807, 2.05) is 38.1 Å². The molecular weight excluding hydrogens is 366 g/mol. The lowest BCUT2D eigenvalue weighted by Gasteiger charge is -2.18. The van der Waals surface area contributed by atoms with Gasteiger partial charge in [-0.1, -0.05) is 59.7 Å². The standard InChI is InChI=1S/C24H23NO4/c1-15-5-9-18(10-6-15)22(27)23(19-11-7-16(2)8-12-19)29-24(28)21-13-20(17(3)26)14-25(21)4/h5-14,23H,1-4H3/t23-/m1/s1. The normalized spacial score (nSPS) is 11.7. The Morgan fingerprint density at radius 3 is 1.93 bits per heavy atom. The van der Waals surface area contributed by atoms with E-state index in [1.165, 1.54) is 17.6 Å². The molecule has 0 amide bonds. The molecule has 148 valence electrons. The third kappa shape index (κ3) is 4.51. The Morgan fingerprint density at radius 1 is 0.862 bits per heavy atom. The molecule has 2 aromatic carbocycles. The highest BCUT2D eigenvalue weighted by Gasteiger charge is 2.28. The molecular formula is C24H23NO4. The van der Waals surface area contributed by atoms with E-state index < -0.39 is 12.1 Å². The number of aryl methyl sites for hydroxylation is 3. The van der Waals surface area contributed by atoms with Crippen LogP contribution in [0.25, 0.3) is 0 Å². The van der Waals surface area contributed by atoms with Gasteiger partial charge in [0.05, 0.1) is 0 Å². The smallest absolute Gasteiger partial charge is 0.356 e. The zero-order valence-corrected chi connectivity index (χ0v) is 16.9. The molecule has 1 heterocycles. The molecule has 0 radical (unpaired) electrons. The number of rotatable bonds is 6. The number of aromatic nitrogens is 1. The van der Waals surface area contributed by atoms with Crippen LogP contribution in [0.4, 0.5) is 0 Å². The first-order valence-corrected chi connectivity index (χ1v) is 9.32. The molecule has 0 fully saturated rings. The van der Waals surface area contributed by atoms with Crippen molar-refractivity contribution in [1.29, 1.82) is 0 Å². The average molecular weight is 389 g/mol. The van der Waals surface area contributed by atoms with Crippen LogP contribution in [0.3, 0.4) is 0 Å². The van der Waals surface area contributed by atoms with Gasteiger partial charge in [-0.15, -0.1) is 0 Å². The first kappa shape index (κ1) is 20.3. The van der Waals surface area contributed by atoms with Crippen LogP contribution in [0.15, 0.2) is 60.8 Å². The molecule has 0 aliphatic heterocycles. The van der Waals surface area contributed by atoms with Gasteiger partial charge in [0.2, 0.25) is 5.78 Å². The Hall–Kier alpha value is -3.47. The summed E-state index contributed by atoms with van der Waals surface area (Å²) in [5, 5.41) is 0. The molecule has 5 nitrogen and oxygen atoms in total. The van der Waals surface area contributed by atoms with Gasteiger partial charge in [-0.25, -0.2) is 4.79 Å². The van der Waals surface area contributed by atoms with Gasteiger partial charge in [0.1, 0.15) is 5.69 Å². The Bertz CT molecular complexity index is 1060. The number of Topliss-reactive ketones (excluding diaryl/α,β-unsaturated/α-hetero) is 2. The third-order valence-corrected chi connectivity index (χ3v) is 4.80. The van der Waals surface area contributed by atoms with Gasteiger partial charge < -0.3 is 9.30 Å². The van der Waals surface area contributed by atoms with Crippen molar-refractivity contribution in [2.24, 2.45) is 7.05 Å². The Morgan fingerprint density at radius 2 is 1.41 bits per heavy atom. The number of ketones is 2. The lowest BCUT2D eigenvalue weighted by molar-refractivity contribution is 0.0271. The fourth-order valence-corrected chi connectivity index (χ4v) is 3.01. The topological polar surface area (TPSA) is 65.4 Å². The molecule has 0 aliphatic carbocycles. The Kier molecular flexibility index (Phi) is 5.78. The van der Waals surface area contributed by atoms with E-state index in [9.17, 15) is 14.4 Å². The molecule has 1 aromatic heterocycles. The van der Waals surface area contributed by atoms with Crippen molar-refractivity contribution < 1.29 is 19.1 Å². The first-order valence-electron chi connectivity index (χ1n) is 9.32. The second kappa shape index (κ2) is 8.27. The summed E-state index contributed by atoms with van der Waals surface area (Å²) in [6.07, 6.45) is 0.489. The highest BCUT2D eigenvalue weighted by Crippen LogP contribution is 2.25. The molecule has 29 heavy (non-hydrogen) atoms. The largest absolute Gasteiger partial charge is 0.444 e. The van der Waals surface area contributed by atoms with Gasteiger partial charge >= 0.3 is 5.97 Å². The first-order chi connectivity index (χ1) is 13.8. The van der Waals surface area contributed by atoms with Crippen molar-refractivity contribution in [2.45, 2.75) is 26.9 Å². The highest BCUT2D eigenvalue weighted by molar-refractivity contribution is 6.02. The number of benzene rings is 2. The number of carbonyl (C=O) groups is 3. The van der Waals surface area contributed by atoms with Gasteiger partial charge in [0.25, 0.3) is 0 Å². The van der Waals surface area contributed by atoms with Crippen LogP contribution in [0.1, 0.15) is 60.9 Å². The fourth-order valence-electron chi connectivity index (χ4n) is 3.01. The summed E-state index contributed by atoms with van der Waals surface area (Å²) in [6, 6.07) is 15.9. The number of hydrogen-bond donors (Lipinski definition) is 0. The van der Waals surface area contributed by atoms with Crippen LogP contribution in [0.2, 0.25) is 0 Å². The minimum atomic E-state index is -1.08. The van der Waals surface area contributed by atoms with Crippen LogP contribution in [-0.4, -0.2) is 22.1 Å². The molecule has 0 aliphatic rings. The summed E-state index contributed by atoms with van der Waals surface area (Å²) in [5.74, 6) is -1.11. The summed E-state index contributed by atoms with van der Waals surface area (Å²) in [5.41, 5.74) is 3.75. The second-order valence-corrected chi connectivity index (χ2v) is 7.21. The zero-order chi connectivity index (χ0) is 21.1. The van der Waals surface area contributed by atoms with Crippen molar-refractivity contribution in [3.8, 4) is 0 Å². The highest BCUT2D eigenvalue weighted by atomic mass is 16.5. The SMILES string of the molecule is CC(=O)c1cc(C(=O)O[C@@H](C(=O)c2ccc(C)cc2)c2ccc(C)cc2)n(C)c1.